The maximum atomic E-state index is 5.99. The summed E-state index contributed by atoms with van der Waals surface area (Å²) in [4.78, 5) is 0. The monoisotopic (exact) mass is 214 g/mol. The van der Waals surface area contributed by atoms with Crippen LogP contribution in [0.4, 0.5) is 0 Å². The fourth-order valence-corrected chi connectivity index (χ4v) is 1.48. The van der Waals surface area contributed by atoms with E-state index in [1.165, 1.54) is 19.3 Å². The van der Waals surface area contributed by atoms with Crippen LogP contribution in [0.3, 0.4) is 0 Å². The van der Waals surface area contributed by atoms with Crippen LogP contribution in [0.25, 0.3) is 0 Å². The maximum absolute atomic E-state index is 5.99. The van der Waals surface area contributed by atoms with Crippen molar-refractivity contribution in [2.45, 2.75) is 59.9 Å². The van der Waals surface area contributed by atoms with Crippen molar-refractivity contribution in [3.63, 3.8) is 0 Å². The van der Waals surface area contributed by atoms with Gasteiger partial charge in [0, 0.05) is 6.04 Å². The summed E-state index contributed by atoms with van der Waals surface area (Å²) in [5.41, 5.74) is 6.67. The molecular weight excluding hydrogens is 184 g/mol. The molecule has 15 heavy (non-hydrogen) atoms. The summed E-state index contributed by atoms with van der Waals surface area (Å²) in [5.74, 6) is 0. The standard InChI is InChI=1S/C13H30N2/c1-11(14)13(4,5)8-7-12(2,3)9-10-15-6/h11,15H,7-10,14H2,1-6H3. The Morgan fingerprint density at radius 2 is 1.60 bits per heavy atom. The van der Waals surface area contributed by atoms with Crippen molar-refractivity contribution in [1.82, 2.24) is 5.32 Å². The van der Waals surface area contributed by atoms with Crippen LogP contribution >= 0.6 is 0 Å². The van der Waals surface area contributed by atoms with Crippen LogP contribution in [0.5, 0.6) is 0 Å². The third kappa shape index (κ3) is 6.16. The second kappa shape index (κ2) is 5.86. The van der Waals surface area contributed by atoms with Gasteiger partial charge in [0.2, 0.25) is 0 Å². The molecule has 0 aromatic carbocycles. The van der Waals surface area contributed by atoms with Crippen LogP contribution in [0.2, 0.25) is 0 Å². The molecule has 0 aromatic heterocycles. The Morgan fingerprint density at radius 3 is 2.00 bits per heavy atom. The first kappa shape index (κ1) is 14.9. The molecule has 0 saturated heterocycles. The highest BCUT2D eigenvalue weighted by molar-refractivity contribution is 4.81. The average molecular weight is 214 g/mol. The van der Waals surface area contributed by atoms with E-state index < -0.39 is 0 Å². The minimum absolute atomic E-state index is 0.261. The summed E-state index contributed by atoms with van der Waals surface area (Å²) in [7, 11) is 2.02. The first-order valence-corrected chi connectivity index (χ1v) is 6.11. The Morgan fingerprint density at radius 1 is 1.07 bits per heavy atom. The lowest BCUT2D eigenvalue weighted by atomic mass is 9.74. The summed E-state index contributed by atoms with van der Waals surface area (Å²) in [5, 5.41) is 3.22. The van der Waals surface area contributed by atoms with Crippen LogP contribution in [0, 0.1) is 10.8 Å². The molecule has 0 fully saturated rings. The van der Waals surface area contributed by atoms with E-state index in [1.54, 1.807) is 0 Å². The Labute approximate surface area is 96.0 Å². The van der Waals surface area contributed by atoms with Gasteiger partial charge in [0.1, 0.15) is 0 Å². The van der Waals surface area contributed by atoms with E-state index in [1.807, 2.05) is 7.05 Å². The SMILES string of the molecule is CNCCC(C)(C)CCC(C)(C)C(C)N. The highest BCUT2D eigenvalue weighted by Crippen LogP contribution is 2.34. The molecule has 2 heteroatoms. The van der Waals surface area contributed by atoms with Crippen molar-refractivity contribution in [3.8, 4) is 0 Å². The van der Waals surface area contributed by atoms with Gasteiger partial charge in [0.25, 0.3) is 0 Å². The largest absolute Gasteiger partial charge is 0.327 e. The molecule has 3 N–H and O–H groups in total. The summed E-state index contributed by atoms with van der Waals surface area (Å²) in [6, 6.07) is 0.276. The van der Waals surface area contributed by atoms with Crippen molar-refractivity contribution in [2.75, 3.05) is 13.6 Å². The zero-order chi connectivity index (χ0) is 12.1. The molecule has 0 aliphatic carbocycles. The number of hydrogen-bond acceptors (Lipinski definition) is 2. The first-order valence-electron chi connectivity index (χ1n) is 6.11. The molecule has 1 unspecified atom stereocenters. The molecule has 0 aromatic rings. The number of nitrogens with one attached hydrogen (secondary N) is 1. The van der Waals surface area contributed by atoms with E-state index in [0.29, 0.717) is 5.41 Å². The molecule has 2 nitrogen and oxygen atoms in total. The van der Waals surface area contributed by atoms with Gasteiger partial charge in [0.05, 0.1) is 0 Å². The van der Waals surface area contributed by atoms with Crippen LogP contribution in [0.1, 0.15) is 53.9 Å². The van der Waals surface area contributed by atoms with Crippen molar-refractivity contribution >= 4 is 0 Å². The van der Waals surface area contributed by atoms with E-state index >= 15 is 0 Å². The van der Waals surface area contributed by atoms with E-state index in [2.05, 4.69) is 39.9 Å². The number of rotatable bonds is 7. The second-order valence-electron chi connectivity index (χ2n) is 6.30. The quantitative estimate of drug-likeness (QED) is 0.684. The third-order valence-corrected chi connectivity index (χ3v) is 3.73. The predicted molar refractivity (Wildman–Crippen MR) is 69.0 cm³/mol. The van der Waals surface area contributed by atoms with Crippen LogP contribution < -0.4 is 11.1 Å². The van der Waals surface area contributed by atoms with Gasteiger partial charge in [-0.2, -0.15) is 0 Å². The van der Waals surface area contributed by atoms with E-state index in [9.17, 15) is 0 Å². The van der Waals surface area contributed by atoms with Crippen LogP contribution in [-0.2, 0) is 0 Å². The molecular formula is C13H30N2. The van der Waals surface area contributed by atoms with Gasteiger partial charge < -0.3 is 11.1 Å². The highest BCUT2D eigenvalue weighted by Gasteiger charge is 2.26. The fraction of sp³-hybridized carbons (Fsp3) is 1.00. The Kier molecular flexibility index (Phi) is 5.82. The molecule has 0 rings (SSSR count). The Bertz CT molecular complexity index is 171. The van der Waals surface area contributed by atoms with E-state index in [0.717, 1.165) is 6.54 Å². The van der Waals surface area contributed by atoms with Crippen LogP contribution in [-0.4, -0.2) is 19.6 Å². The zero-order valence-electron chi connectivity index (χ0n) is 11.5. The predicted octanol–water partition coefficient (Wildman–Crippen LogP) is 2.78. The summed E-state index contributed by atoms with van der Waals surface area (Å²) in [6.07, 6.45) is 3.70. The van der Waals surface area contributed by atoms with Gasteiger partial charge in [-0.3, -0.25) is 0 Å². The number of hydrogen-bond donors (Lipinski definition) is 2. The average Bonchev–Trinajstić information content (AvgIpc) is 2.12. The molecule has 0 saturated carbocycles. The molecule has 0 aliphatic rings. The van der Waals surface area contributed by atoms with Crippen molar-refractivity contribution < 1.29 is 0 Å². The minimum atomic E-state index is 0.261. The van der Waals surface area contributed by atoms with Crippen LogP contribution in [0.15, 0.2) is 0 Å². The summed E-state index contributed by atoms with van der Waals surface area (Å²) < 4.78 is 0. The lowest BCUT2D eigenvalue weighted by Gasteiger charge is -2.33. The smallest absolute Gasteiger partial charge is 0.00617 e. The van der Waals surface area contributed by atoms with Gasteiger partial charge in [-0.05, 0) is 50.6 Å². The van der Waals surface area contributed by atoms with Gasteiger partial charge in [-0.1, -0.05) is 27.7 Å². The third-order valence-electron chi connectivity index (χ3n) is 3.73. The van der Waals surface area contributed by atoms with Gasteiger partial charge in [-0.15, -0.1) is 0 Å². The fourth-order valence-electron chi connectivity index (χ4n) is 1.48. The second-order valence-corrected chi connectivity index (χ2v) is 6.30. The molecule has 0 heterocycles. The topological polar surface area (TPSA) is 38.0 Å². The van der Waals surface area contributed by atoms with Gasteiger partial charge in [-0.25, -0.2) is 0 Å². The Hall–Kier alpha value is -0.0800. The van der Waals surface area contributed by atoms with Crippen molar-refractivity contribution in [3.05, 3.63) is 0 Å². The molecule has 0 bridgehead atoms. The number of nitrogens with two attached hydrogens (primary N) is 1. The van der Waals surface area contributed by atoms with Crippen molar-refractivity contribution in [1.29, 1.82) is 0 Å². The lowest BCUT2D eigenvalue weighted by molar-refractivity contribution is 0.203. The lowest BCUT2D eigenvalue weighted by Crippen LogP contribution is -2.35. The zero-order valence-corrected chi connectivity index (χ0v) is 11.5. The molecule has 0 amide bonds. The van der Waals surface area contributed by atoms with Gasteiger partial charge in [0.15, 0.2) is 0 Å². The molecule has 1 atom stereocenters. The molecule has 0 radical (unpaired) electrons. The van der Waals surface area contributed by atoms with E-state index in [-0.39, 0.29) is 11.5 Å². The van der Waals surface area contributed by atoms with E-state index in [4.69, 9.17) is 5.73 Å². The highest BCUT2D eigenvalue weighted by atomic mass is 14.8. The van der Waals surface area contributed by atoms with Gasteiger partial charge >= 0.3 is 0 Å². The Balaban J connectivity index is 4.02. The summed E-state index contributed by atoms with van der Waals surface area (Å²) in [6.45, 7) is 12.5. The maximum Gasteiger partial charge on any atom is 0.00617 e. The molecule has 0 aliphatic heterocycles. The molecule has 92 valence electrons. The summed E-state index contributed by atoms with van der Waals surface area (Å²) >= 11 is 0. The molecule has 0 spiro atoms. The van der Waals surface area contributed by atoms with Crippen molar-refractivity contribution in [2.24, 2.45) is 16.6 Å². The first-order chi connectivity index (χ1) is 6.71. The normalized spacial score (nSPS) is 15.4. The minimum Gasteiger partial charge on any atom is -0.327 e.